The van der Waals surface area contributed by atoms with E-state index in [1.165, 1.54) is 12.1 Å². The van der Waals surface area contributed by atoms with Gasteiger partial charge < -0.3 is 31.5 Å². The van der Waals surface area contributed by atoms with Crippen molar-refractivity contribution in [2.45, 2.75) is 28.2 Å². The molecule has 2 aromatic carbocycles. The second kappa shape index (κ2) is 8.88. The van der Waals surface area contributed by atoms with Crippen molar-refractivity contribution in [3.05, 3.63) is 81.3 Å². The maximum atomic E-state index is 13.4. The minimum Gasteiger partial charge on any atom is -0.509 e. The van der Waals surface area contributed by atoms with Gasteiger partial charge >= 0.3 is 0 Å². The number of fused-ring (bicyclic) bond motifs is 3. The molecule has 4 unspecified atom stereocenters. The highest BCUT2D eigenvalue weighted by atomic mass is 35.5. The molecule has 0 aromatic heterocycles. The number of benzene rings is 2. The van der Waals surface area contributed by atoms with Crippen LogP contribution in [0.15, 0.2) is 70.0 Å². The van der Waals surface area contributed by atoms with E-state index in [-0.39, 0.29) is 38.2 Å². The summed E-state index contributed by atoms with van der Waals surface area (Å²) in [6, 6.07) is 9.96. The molecule has 1 heterocycles. The number of carbonyl (C=O) groups excluding carboxylic acids is 3. The summed E-state index contributed by atoms with van der Waals surface area (Å²) in [6.45, 7) is 0. The van der Waals surface area contributed by atoms with Crippen LogP contribution in [0, 0.1) is 5.92 Å². The van der Waals surface area contributed by atoms with E-state index < -0.39 is 57.4 Å². The van der Waals surface area contributed by atoms with Crippen molar-refractivity contribution in [2.24, 2.45) is 11.7 Å². The van der Waals surface area contributed by atoms with Gasteiger partial charge in [-0.25, -0.2) is 0 Å². The van der Waals surface area contributed by atoms with E-state index in [0.29, 0.717) is 5.56 Å². The maximum absolute atomic E-state index is 13.4. The van der Waals surface area contributed by atoms with Crippen LogP contribution >= 0.6 is 35.6 Å². The van der Waals surface area contributed by atoms with Crippen LogP contribution in [0.5, 0.6) is 5.75 Å². The van der Waals surface area contributed by atoms with Crippen LogP contribution in [-0.4, -0.2) is 59.8 Å². The average Bonchev–Trinajstić information content (AvgIpc) is 2.86. The number of thiocarbonyl (C=S) groups is 1. The van der Waals surface area contributed by atoms with Crippen molar-refractivity contribution < 1.29 is 34.8 Å². The van der Waals surface area contributed by atoms with Crippen LogP contribution in [0.1, 0.15) is 22.3 Å². The van der Waals surface area contributed by atoms with Crippen molar-refractivity contribution in [1.29, 1.82) is 0 Å². The molecule has 0 saturated heterocycles. The van der Waals surface area contributed by atoms with Crippen LogP contribution in [0.2, 0.25) is 5.02 Å². The summed E-state index contributed by atoms with van der Waals surface area (Å²) in [6.07, 6.45) is -0.116. The third-order valence-corrected chi connectivity index (χ3v) is 9.01. The van der Waals surface area contributed by atoms with Crippen molar-refractivity contribution in [3.63, 3.8) is 0 Å². The maximum Gasteiger partial charge on any atom is 0.255 e. The number of phenols is 1. The van der Waals surface area contributed by atoms with Gasteiger partial charge in [0.25, 0.3) is 5.91 Å². The van der Waals surface area contributed by atoms with Gasteiger partial charge in [-0.3, -0.25) is 14.4 Å². The fourth-order valence-electron chi connectivity index (χ4n) is 5.10. The lowest BCUT2D eigenvalue weighted by Crippen LogP contribution is -2.64. The molecule has 7 N–H and O–H groups in total. The zero-order chi connectivity index (χ0) is 26.8. The number of halogens is 1. The number of primary amides is 1. The van der Waals surface area contributed by atoms with Gasteiger partial charge in [0.1, 0.15) is 27.8 Å². The Kier molecular flexibility index (Phi) is 6.06. The quantitative estimate of drug-likeness (QED) is 0.243. The van der Waals surface area contributed by atoms with Gasteiger partial charge in [-0.1, -0.05) is 54.2 Å². The SMILES string of the molecule is NC(=O)C1=C(O)C(NC(=S)c2ccccc2)C2CC3Sc4c(Cl)ccc(O)c4C(=O)C3=C(O)C2(O)C1=O. The van der Waals surface area contributed by atoms with Gasteiger partial charge in [-0.05, 0) is 18.6 Å². The van der Waals surface area contributed by atoms with Gasteiger partial charge in [0.05, 0.1) is 22.2 Å². The van der Waals surface area contributed by atoms with Crippen molar-refractivity contribution in [1.82, 2.24) is 5.32 Å². The number of carbonyl (C=O) groups is 3. The lowest BCUT2D eigenvalue weighted by atomic mass is 9.63. The third kappa shape index (κ3) is 3.64. The first-order valence-electron chi connectivity index (χ1n) is 11.0. The number of hydrogen-bond acceptors (Lipinski definition) is 9. The van der Waals surface area contributed by atoms with Crippen LogP contribution in [0.25, 0.3) is 0 Å². The number of nitrogens with one attached hydrogen (secondary N) is 1. The Labute approximate surface area is 224 Å². The van der Waals surface area contributed by atoms with Crippen LogP contribution in [-0.2, 0) is 9.59 Å². The normalized spacial score (nSPS) is 26.8. The number of amides is 1. The molecule has 2 aliphatic carbocycles. The molecule has 0 bridgehead atoms. The molecule has 190 valence electrons. The highest BCUT2D eigenvalue weighted by molar-refractivity contribution is 8.00. The number of aliphatic hydroxyl groups excluding tert-OH is 2. The molecule has 5 rings (SSSR count). The lowest BCUT2D eigenvalue weighted by molar-refractivity contribution is -0.144. The van der Waals surface area contributed by atoms with E-state index >= 15 is 0 Å². The molecule has 37 heavy (non-hydrogen) atoms. The average molecular weight is 559 g/mol. The second-order valence-electron chi connectivity index (χ2n) is 8.85. The largest absolute Gasteiger partial charge is 0.509 e. The number of Topliss-reactive ketones (excluding diaryl/α,β-unsaturated/α-hetero) is 2. The van der Waals surface area contributed by atoms with E-state index in [9.17, 15) is 34.8 Å². The summed E-state index contributed by atoms with van der Waals surface area (Å²) < 4.78 is 0. The van der Waals surface area contributed by atoms with E-state index in [1.54, 1.807) is 30.3 Å². The Morgan fingerprint density at radius 2 is 1.81 bits per heavy atom. The second-order valence-corrected chi connectivity index (χ2v) is 10.9. The molecule has 0 fully saturated rings. The zero-order valence-corrected chi connectivity index (χ0v) is 21.2. The standard InChI is InChI=1S/C25H19ClN2O7S2/c26-11-6-7-12(29)14-18(30)15-13(37-20(11)14)8-10-17(28-24(36)9-4-2-1-3-5-9)19(31)16(23(27)34)22(33)25(10,35)21(15)32/h1-7,10,13,17,29,31-32,35H,8H2,(H2,27,34)(H,28,36). The van der Waals surface area contributed by atoms with Gasteiger partial charge in [-0.2, -0.15) is 0 Å². The Bertz CT molecular complexity index is 1470. The topological polar surface area (TPSA) is 170 Å². The van der Waals surface area contributed by atoms with Gasteiger partial charge in [0.15, 0.2) is 11.4 Å². The molecule has 0 radical (unpaired) electrons. The molecule has 9 nitrogen and oxygen atoms in total. The van der Waals surface area contributed by atoms with Crippen LogP contribution < -0.4 is 11.1 Å². The summed E-state index contributed by atoms with van der Waals surface area (Å²) in [7, 11) is 0. The highest BCUT2D eigenvalue weighted by Gasteiger charge is 2.63. The monoisotopic (exact) mass is 558 g/mol. The molecular formula is C25H19ClN2O7S2. The number of thioether (sulfide) groups is 1. The van der Waals surface area contributed by atoms with Crippen molar-refractivity contribution in [3.8, 4) is 5.75 Å². The minimum absolute atomic E-state index is 0.116. The summed E-state index contributed by atoms with van der Waals surface area (Å²) >= 11 is 12.8. The van der Waals surface area contributed by atoms with Gasteiger partial charge in [-0.15, -0.1) is 11.8 Å². The number of phenolic OH excluding ortho intramolecular Hbond substituents is 1. The Morgan fingerprint density at radius 3 is 2.46 bits per heavy atom. The van der Waals surface area contributed by atoms with Crippen molar-refractivity contribution in [2.75, 3.05) is 0 Å². The first kappa shape index (κ1) is 25.3. The summed E-state index contributed by atoms with van der Waals surface area (Å²) in [5.41, 5.74) is 1.75. The van der Waals surface area contributed by atoms with E-state index in [2.05, 4.69) is 5.32 Å². The minimum atomic E-state index is -2.78. The molecular weight excluding hydrogens is 540 g/mol. The molecule has 3 aliphatic rings. The van der Waals surface area contributed by atoms with Crippen molar-refractivity contribution >= 4 is 58.0 Å². The van der Waals surface area contributed by atoms with Gasteiger partial charge in [0, 0.05) is 21.6 Å². The molecule has 12 heteroatoms. The summed E-state index contributed by atoms with van der Waals surface area (Å²) in [5.74, 6) is -6.85. The molecule has 2 aromatic rings. The fourth-order valence-corrected chi connectivity index (χ4v) is 7.07. The van der Waals surface area contributed by atoms with E-state index in [0.717, 1.165) is 11.8 Å². The first-order valence-corrected chi connectivity index (χ1v) is 12.7. The number of nitrogens with two attached hydrogens (primary N) is 1. The number of ketones is 2. The van der Waals surface area contributed by atoms with Crippen LogP contribution in [0.4, 0.5) is 0 Å². The Hall–Kier alpha value is -3.38. The molecule has 0 spiro atoms. The molecule has 1 amide bonds. The van der Waals surface area contributed by atoms with Crippen LogP contribution in [0.3, 0.4) is 0 Å². The Balaban J connectivity index is 1.67. The summed E-state index contributed by atoms with van der Waals surface area (Å²) in [5, 5.41) is 46.6. The number of hydrogen-bond donors (Lipinski definition) is 6. The van der Waals surface area contributed by atoms with Gasteiger partial charge in [0.2, 0.25) is 5.78 Å². The third-order valence-electron chi connectivity index (χ3n) is 6.86. The lowest BCUT2D eigenvalue weighted by Gasteiger charge is -2.48. The number of aliphatic hydroxyl groups is 3. The molecule has 1 aliphatic heterocycles. The predicted octanol–water partition coefficient (Wildman–Crippen LogP) is 2.48. The fraction of sp³-hybridized carbons (Fsp3) is 0.200. The summed E-state index contributed by atoms with van der Waals surface area (Å²) in [4.78, 5) is 39.4. The number of rotatable bonds is 3. The van der Waals surface area contributed by atoms with E-state index in [1.807, 2.05) is 0 Å². The Morgan fingerprint density at radius 1 is 1.14 bits per heavy atom. The molecule has 4 atom stereocenters. The predicted molar refractivity (Wildman–Crippen MR) is 139 cm³/mol. The number of aromatic hydroxyl groups is 1. The zero-order valence-electron chi connectivity index (χ0n) is 18.8. The highest BCUT2D eigenvalue weighted by Crippen LogP contribution is 2.54. The van der Waals surface area contributed by atoms with E-state index in [4.69, 9.17) is 29.6 Å². The first-order chi connectivity index (χ1) is 17.5. The smallest absolute Gasteiger partial charge is 0.255 e. The molecule has 0 saturated carbocycles.